The number of aliphatic hydroxyl groups is 3. The van der Waals surface area contributed by atoms with Crippen molar-refractivity contribution in [1.82, 2.24) is 15.6 Å². The number of carboxylic acids is 1. The molecule has 4 aliphatic rings. The molecule has 0 spiro atoms. The highest BCUT2D eigenvalue weighted by atomic mass is 16.7. The third-order valence-electron chi connectivity index (χ3n) is 12.9. The topological polar surface area (TPSA) is 271 Å². The summed E-state index contributed by atoms with van der Waals surface area (Å²) >= 11 is 0. The zero-order chi connectivity index (χ0) is 43.3. The molecule has 0 bridgehead atoms. The minimum Gasteiger partial charge on any atom is -0.508 e. The predicted octanol–water partition coefficient (Wildman–Crippen LogP) is 3.36. The van der Waals surface area contributed by atoms with Crippen LogP contribution in [0.3, 0.4) is 0 Å². The van der Waals surface area contributed by atoms with Crippen LogP contribution in [0.2, 0.25) is 0 Å². The van der Waals surface area contributed by atoms with Crippen molar-refractivity contribution in [2.45, 2.75) is 93.2 Å². The Labute approximate surface area is 355 Å². The number of H-pyrrole nitrogens is 1. The number of aliphatic carboxylic acids is 1. The number of hydrogen-bond donors (Lipinski definition) is 10. The molecule has 3 fully saturated rings. The molecule has 0 radical (unpaired) electrons. The fourth-order valence-electron chi connectivity index (χ4n) is 9.83. The van der Waals surface area contributed by atoms with Gasteiger partial charge in [-0.2, -0.15) is 0 Å². The van der Waals surface area contributed by atoms with E-state index in [0.29, 0.717) is 61.8 Å². The molecule has 17 nitrogen and oxygen atoms in total. The lowest BCUT2D eigenvalue weighted by Crippen LogP contribution is -2.70. The van der Waals surface area contributed by atoms with Gasteiger partial charge in [-0.15, -0.1) is 0 Å². The molecule has 9 rings (SSSR count). The van der Waals surface area contributed by atoms with Gasteiger partial charge in [0.15, 0.2) is 23.0 Å². The number of nitrogens with two attached hydrogens (primary N) is 1. The van der Waals surface area contributed by atoms with E-state index in [9.17, 15) is 40.2 Å². The van der Waals surface area contributed by atoms with E-state index in [1.165, 1.54) is 12.1 Å². The van der Waals surface area contributed by atoms with Crippen LogP contribution in [0.5, 0.6) is 28.7 Å². The number of nitrogen functional groups attached to an aromatic ring is 1. The second-order valence-corrected chi connectivity index (χ2v) is 16.7. The number of hydrogen-bond acceptors (Lipinski definition) is 15. The summed E-state index contributed by atoms with van der Waals surface area (Å²) < 4.78 is 31.2. The average molecular weight is 855 g/mol. The first-order valence-electron chi connectivity index (χ1n) is 20.9. The molecule has 2 aromatic heterocycles. The van der Waals surface area contributed by atoms with Crippen LogP contribution < -0.4 is 36.0 Å². The summed E-state index contributed by atoms with van der Waals surface area (Å²) in [5.41, 5.74) is 4.31. The van der Waals surface area contributed by atoms with Crippen molar-refractivity contribution < 1.29 is 58.8 Å². The van der Waals surface area contributed by atoms with Crippen molar-refractivity contribution in [3.63, 3.8) is 0 Å². The summed E-state index contributed by atoms with van der Waals surface area (Å²) in [4.78, 5) is 29.8. The van der Waals surface area contributed by atoms with Crippen LogP contribution in [0.15, 0.2) is 75.9 Å². The lowest BCUT2D eigenvalue weighted by atomic mass is 9.79. The van der Waals surface area contributed by atoms with Gasteiger partial charge in [-0.1, -0.05) is 12.1 Å². The van der Waals surface area contributed by atoms with Crippen LogP contribution in [-0.4, -0.2) is 97.7 Å². The van der Waals surface area contributed by atoms with Crippen LogP contribution in [0.1, 0.15) is 55.3 Å². The van der Waals surface area contributed by atoms with Gasteiger partial charge >= 0.3 is 5.97 Å². The third kappa shape index (κ3) is 7.47. The molecule has 2 aliphatic carbocycles. The largest absolute Gasteiger partial charge is 0.508 e. The van der Waals surface area contributed by atoms with Crippen LogP contribution in [0, 0.1) is 5.92 Å². The number of carbonyl (C=O) groups is 1. The number of rotatable bonds is 12. The van der Waals surface area contributed by atoms with Crippen molar-refractivity contribution in [3.05, 3.63) is 93.8 Å². The fraction of sp³-hybridized carbons (Fsp3) is 0.422. The zero-order valence-electron chi connectivity index (χ0n) is 33.7. The maximum absolute atomic E-state index is 14.0. The van der Waals surface area contributed by atoms with Gasteiger partial charge in [-0.25, -0.2) is 4.79 Å². The van der Waals surface area contributed by atoms with Gasteiger partial charge in [0.1, 0.15) is 57.5 Å². The Morgan fingerprint density at radius 1 is 1.02 bits per heavy atom. The number of benzene rings is 3. The Kier molecular flexibility index (Phi) is 11.0. The molecular weight excluding hydrogens is 805 g/mol. The standard InChI is InChI=1S/C45H50N4O13/c46-35-14-11-25(49-35)15-17-58-27-12-9-23(10-13-27)32-18-31(51)36-33(59-32)19-34(60-43-38(53)40(54)44(57,41(61-43)42(55)56)20-26-21-47-22-48-26)39(37(36)52)62-45-16-3-5-24(45)4-1-6-28-29(45)7-2-8-30(28)50/h2,7-14,18-19,24,26,38,40-41,43,47-50,52-54,57H,1,3-6,15-17,20-22,46H2,(H,55,56)/t24-,26-,38+,40-,41+,43+,44-,45+/m0/s1. The number of fused-ring (bicyclic) bond motifs is 4. The fourth-order valence-corrected chi connectivity index (χ4v) is 9.83. The SMILES string of the molecule is Nc1ccc(CCOc2ccc(-c3cc(=O)c4c(O)c(O[C@]56CCC[C@@H]5CCCc5c(O)cccc56)c(O[C@@H]5O[C@H](C(=O)O)[C@](O)(C[C@H]6CNCN6)[C@@H](O)[C@H]5O)cc4o3)cc2)[nH]1. The Balaban J connectivity index is 1.10. The second kappa shape index (κ2) is 16.5. The van der Waals surface area contributed by atoms with Crippen LogP contribution in [-0.2, 0) is 28.0 Å². The molecule has 5 aromatic rings. The monoisotopic (exact) mass is 854 g/mol. The number of ether oxygens (including phenoxy) is 4. The highest BCUT2D eigenvalue weighted by Gasteiger charge is 2.59. The van der Waals surface area contributed by atoms with Crippen LogP contribution in [0.25, 0.3) is 22.3 Å². The third-order valence-corrected chi connectivity index (χ3v) is 12.9. The van der Waals surface area contributed by atoms with E-state index in [0.717, 1.165) is 36.9 Å². The quantitative estimate of drug-likeness (QED) is 0.0862. The molecule has 11 N–H and O–H groups in total. The minimum atomic E-state index is -2.44. The molecule has 3 aromatic carbocycles. The maximum Gasteiger partial charge on any atom is 0.336 e. The van der Waals surface area contributed by atoms with Gasteiger partial charge in [0, 0.05) is 66.1 Å². The Morgan fingerprint density at radius 3 is 2.56 bits per heavy atom. The van der Waals surface area contributed by atoms with Crippen LogP contribution >= 0.6 is 0 Å². The Hall–Kier alpha value is -5.82. The molecule has 0 amide bonds. The molecule has 62 heavy (non-hydrogen) atoms. The van der Waals surface area contributed by atoms with Crippen molar-refractivity contribution in [3.8, 4) is 40.1 Å². The number of aromatic hydroxyl groups is 2. The van der Waals surface area contributed by atoms with E-state index in [1.807, 2.05) is 12.1 Å². The number of anilines is 1. The highest BCUT2D eigenvalue weighted by Crippen LogP contribution is 2.56. The molecule has 4 heterocycles. The van der Waals surface area contributed by atoms with E-state index in [4.69, 9.17) is 29.1 Å². The number of nitrogens with one attached hydrogen (secondary N) is 3. The number of carboxylic acid groups (broad SMARTS) is 1. The molecule has 2 saturated heterocycles. The molecular formula is C45H50N4O13. The lowest BCUT2D eigenvalue weighted by molar-refractivity contribution is -0.307. The molecule has 1 saturated carbocycles. The number of phenols is 2. The predicted molar refractivity (Wildman–Crippen MR) is 223 cm³/mol. The van der Waals surface area contributed by atoms with E-state index < -0.39 is 59.0 Å². The Morgan fingerprint density at radius 2 is 1.82 bits per heavy atom. The van der Waals surface area contributed by atoms with Gasteiger partial charge in [-0.05, 0) is 87.4 Å². The lowest BCUT2D eigenvalue weighted by Gasteiger charge is -2.47. The number of phenolic OH excluding ortho intramolecular Hbond substituents is 2. The Bertz CT molecular complexity index is 2520. The highest BCUT2D eigenvalue weighted by molar-refractivity contribution is 5.89. The van der Waals surface area contributed by atoms with E-state index in [-0.39, 0.29) is 46.3 Å². The summed E-state index contributed by atoms with van der Waals surface area (Å²) in [5, 5.41) is 74.0. The van der Waals surface area contributed by atoms with Gasteiger partial charge < -0.3 is 75.4 Å². The summed E-state index contributed by atoms with van der Waals surface area (Å²) in [6.07, 6.45) is -3.66. The summed E-state index contributed by atoms with van der Waals surface area (Å²) in [6, 6.07) is 17.8. The number of aromatic nitrogens is 1. The van der Waals surface area contributed by atoms with Gasteiger partial charge in [-0.3, -0.25) is 4.79 Å². The van der Waals surface area contributed by atoms with E-state index in [1.54, 1.807) is 42.5 Å². The summed E-state index contributed by atoms with van der Waals surface area (Å²) in [5.74, 6) is -1.58. The molecule has 8 atom stereocenters. The van der Waals surface area contributed by atoms with Crippen molar-refractivity contribution in [2.24, 2.45) is 5.92 Å². The zero-order valence-corrected chi connectivity index (χ0v) is 33.7. The molecule has 328 valence electrons. The molecule has 2 aliphatic heterocycles. The summed E-state index contributed by atoms with van der Waals surface area (Å²) in [6.45, 7) is 1.14. The maximum atomic E-state index is 14.0. The minimum absolute atomic E-state index is 0.0741. The first kappa shape index (κ1) is 41.5. The second-order valence-electron chi connectivity index (χ2n) is 16.7. The van der Waals surface area contributed by atoms with Gasteiger partial charge in [0.2, 0.25) is 12.0 Å². The van der Waals surface area contributed by atoms with Crippen molar-refractivity contribution in [2.75, 3.05) is 25.6 Å². The van der Waals surface area contributed by atoms with Gasteiger partial charge in [0.05, 0.1) is 6.61 Å². The van der Waals surface area contributed by atoms with Crippen LogP contribution in [0.4, 0.5) is 5.82 Å². The number of aliphatic hydroxyl groups excluding tert-OH is 2. The smallest absolute Gasteiger partial charge is 0.336 e. The van der Waals surface area contributed by atoms with E-state index >= 15 is 0 Å². The average Bonchev–Trinajstić information content (AvgIpc) is 4.00. The molecule has 0 unspecified atom stereocenters. The van der Waals surface area contributed by atoms with Crippen molar-refractivity contribution >= 4 is 22.8 Å². The van der Waals surface area contributed by atoms with Gasteiger partial charge in [0.25, 0.3) is 0 Å². The first-order chi connectivity index (χ1) is 29.8. The van der Waals surface area contributed by atoms with Crippen molar-refractivity contribution in [1.29, 1.82) is 0 Å². The molecule has 17 heteroatoms. The van der Waals surface area contributed by atoms with E-state index in [2.05, 4.69) is 15.6 Å². The number of aromatic amines is 1. The normalized spacial score (nSPS) is 28.2. The first-order valence-corrected chi connectivity index (χ1v) is 20.9. The summed E-state index contributed by atoms with van der Waals surface area (Å²) in [7, 11) is 0.